The van der Waals surface area contributed by atoms with Crippen LogP contribution in [0.25, 0.3) is 0 Å². The van der Waals surface area contributed by atoms with Crippen molar-refractivity contribution in [1.82, 2.24) is 5.32 Å². The van der Waals surface area contributed by atoms with Gasteiger partial charge in [-0.15, -0.1) is 0 Å². The van der Waals surface area contributed by atoms with Crippen LogP contribution in [0.4, 0.5) is 0 Å². The monoisotopic (exact) mass is 232 g/mol. The van der Waals surface area contributed by atoms with E-state index in [1.807, 2.05) is 6.92 Å². The van der Waals surface area contributed by atoms with Crippen LogP contribution in [0.3, 0.4) is 0 Å². The average Bonchev–Trinajstić information content (AvgIpc) is 2.28. The third-order valence-corrected chi connectivity index (χ3v) is 2.80. The summed E-state index contributed by atoms with van der Waals surface area (Å²) in [6.45, 7) is 5.26. The maximum absolute atomic E-state index is 12.0. The third kappa shape index (κ3) is 2.97. The maximum Gasteiger partial charge on any atom is 0.252 e. The molecule has 0 heterocycles. The molecule has 1 rings (SSSR count). The van der Waals surface area contributed by atoms with Crippen molar-refractivity contribution >= 4 is 5.91 Å². The number of carbonyl (C=O) groups excluding carboxylic acids is 1. The molecular weight excluding hydrogens is 216 g/mol. The molecule has 0 aliphatic rings. The normalized spacial score (nSPS) is 13.5. The van der Waals surface area contributed by atoms with Gasteiger partial charge in [-0.3, -0.25) is 4.79 Å². The smallest absolute Gasteiger partial charge is 0.252 e. The molecule has 0 bridgehead atoms. The molecule has 0 aliphatic heterocycles. The van der Waals surface area contributed by atoms with E-state index in [1.54, 1.807) is 19.9 Å². The second-order valence-corrected chi connectivity index (χ2v) is 4.25. The van der Waals surface area contributed by atoms with Crippen LogP contribution in [-0.4, -0.2) is 16.6 Å². The highest BCUT2D eigenvalue weighted by molar-refractivity contribution is 5.96. The van der Waals surface area contributed by atoms with E-state index in [-0.39, 0.29) is 11.7 Å². The predicted molar refractivity (Wildman–Crippen MR) is 64.6 cm³/mol. The highest BCUT2D eigenvalue weighted by Crippen LogP contribution is 2.17. The Balaban J connectivity index is 2.95. The van der Waals surface area contributed by atoms with Gasteiger partial charge < -0.3 is 10.4 Å². The Morgan fingerprint density at radius 2 is 2.24 bits per heavy atom. The number of carbonyl (C=O) groups is 1. The topological polar surface area (TPSA) is 73.1 Å². The number of nitrogens with one attached hydrogen (secondary N) is 1. The molecule has 1 amide bonds. The van der Waals surface area contributed by atoms with E-state index in [0.717, 1.165) is 0 Å². The number of hydrogen-bond acceptors (Lipinski definition) is 3. The summed E-state index contributed by atoms with van der Waals surface area (Å²) in [6.07, 6.45) is 0.534. The van der Waals surface area contributed by atoms with E-state index >= 15 is 0 Å². The average molecular weight is 232 g/mol. The molecule has 4 nitrogen and oxygen atoms in total. The van der Waals surface area contributed by atoms with E-state index in [9.17, 15) is 9.90 Å². The maximum atomic E-state index is 12.0. The van der Waals surface area contributed by atoms with Gasteiger partial charge in [0.2, 0.25) is 0 Å². The van der Waals surface area contributed by atoms with Gasteiger partial charge in [0.05, 0.1) is 6.07 Å². The van der Waals surface area contributed by atoms with Crippen LogP contribution >= 0.6 is 0 Å². The van der Waals surface area contributed by atoms with Crippen molar-refractivity contribution in [3.8, 4) is 11.8 Å². The van der Waals surface area contributed by atoms with E-state index in [1.165, 1.54) is 12.1 Å². The quantitative estimate of drug-likeness (QED) is 0.838. The number of phenolic OH excluding ortho intramolecular Hbond substituents is 1. The molecule has 2 N–H and O–H groups in total. The summed E-state index contributed by atoms with van der Waals surface area (Å²) >= 11 is 0. The Kier molecular flexibility index (Phi) is 3.74. The van der Waals surface area contributed by atoms with Gasteiger partial charge >= 0.3 is 0 Å². The molecular formula is C13H16N2O2. The summed E-state index contributed by atoms with van der Waals surface area (Å²) in [5, 5.41) is 20.9. The summed E-state index contributed by atoms with van der Waals surface area (Å²) in [6, 6.07) is 6.60. The molecule has 1 atom stereocenters. The van der Waals surface area contributed by atoms with Crippen molar-refractivity contribution in [2.24, 2.45) is 0 Å². The summed E-state index contributed by atoms with van der Waals surface area (Å²) in [7, 11) is 0. The zero-order chi connectivity index (χ0) is 13.1. The Morgan fingerprint density at radius 1 is 1.59 bits per heavy atom. The number of amides is 1. The van der Waals surface area contributed by atoms with E-state index in [0.29, 0.717) is 17.5 Å². The number of nitrogens with zero attached hydrogens (tertiary/aromatic N) is 1. The van der Waals surface area contributed by atoms with Gasteiger partial charge in [-0.1, -0.05) is 6.92 Å². The number of benzene rings is 1. The van der Waals surface area contributed by atoms with Crippen LogP contribution in [-0.2, 0) is 0 Å². The van der Waals surface area contributed by atoms with Crippen molar-refractivity contribution < 1.29 is 9.90 Å². The molecule has 1 unspecified atom stereocenters. The van der Waals surface area contributed by atoms with Gasteiger partial charge in [0.15, 0.2) is 0 Å². The van der Waals surface area contributed by atoms with Gasteiger partial charge in [-0.2, -0.15) is 5.26 Å². The molecule has 1 aromatic rings. The molecule has 0 saturated carbocycles. The summed E-state index contributed by atoms with van der Waals surface area (Å²) < 4.78 is 0. The number of rotatable bonds is 3. The van der Waals surface area contributed by atoms with Crippen LogP contribution in [0.2, 0.25) is 0 Å². The number of nitriles is 1. The highest BCUT2D eigenvalue weighted by atomic mass is 16.3. The van der Waals surface area contributed by atoms with Crippen molar-refractivity contribution in [3.05, 3.63) is 29.3 Å². The molecule has 1 aromatic carbocycles. The lowest BCUT2D eigenvalue weighted by Gasteiger charge is -2.21. The van der Waals surface area contributed by atoms with Crippen molar-refractivity contribution in [2.75, 3.05) is 0 Å². The van der Waals surface area contributed by atoms with Crippen LogP contribution in [0.1, 0.15) is 36.2 Å². The minimum absolute atomic E-state index is 0.123. The number of aromatic hydroxyl groups is 1. The summed E-state index contributed by atoms with van der Waals surface area (Å²) in [5.41, 5.74) is 0.290. The molecule has 0 aliphatic carbocycles. The molecule has 0 aromatic heterocycles. The fourth-order valence-corrected chi connectivity index (χ4v) is 1.42. The highest BCUT2D eigenvalue weighted by Gasteiger charge is 2.24. The zero-order valence-electron chi connectivity index (χ0n) is 10.2. The molecule has 4 heteroatoms. The first-order valence-corrected chi connectivity index (χ1v) is 5.45. The van der Waals surface area contributed by atoms with Crippen LogP contribution < -0.4 is 5.32 Å². The molecule has 0 fully saturated rings. The summed E-state index contributed by atoms with van der Waals surface area (Å²) in [5.74, 6) is -0.175. The number of phenols is 1. The lowest BCUT2D eigenvalue weighted by atomic mass is 9.99. The molecule has 0 saturated heterocycles. The summed E-state index contributed by atoms with van der Waals surface area (Å²) in [4.78, 5) is 12.0. The second-order valence-electron chi connectivity index (χ2n) is 4.25. The van der Waals surface area contributed by atoms with Crippen molar-refractivity contribution in [2.45, 2.75) is 32.7 Å². The van der Waals surface area contributed by atoms with E-state index in [4.69, 9.17) is 5.26 Å². The van der Waals surface area contributed by atoms with Crippen LogP contribution in [0, 0.1) is 18.3 Å². The molecule has 17 heavy (non-hydrogen) atoms. The Morgan fingerprint density at radius 3 is 2.71 bits per heavy atom. The number of hydrogen-bond donors (Lipinski definition) is 2. The first kappa shape index (κ1) is 13.0. The second kappa shape index (κ2) is 4.88. The minimum Gasteiger partial charge on any atom is -0.508 e. The Hall–Kier alpha value is -2.02. The molecule has 90 valence electrons. The van der Waals surface area contributed by atoms with Crippen LogP contribution in [0.15, 0.2) is 18.2 Å². The van der Waals surface area contributed by atoms with Crippen molar-refractivity contribution in [3.63, 3.8) is 0 Å². The van der Waals surface area contributed by atoms with E-state index in [2.05, 4.69) is 11.4 Å². The Labute approximate surface area is 101 Å². The van der Waals surface area contributed by atoms with Crippen molar-refractivity contribution in [1.29, 1.82) is 5.26 Å². The van der Waals surface area contributed by atoms with Crippen LogP contribution in [0.5, 0.6) is 5.75 Å². The van der Waals surface area contributed by atoms with Gasteiger partial charge in [-0.25, -0.2) is 0 Å². The zero-order valence-corrected chi connectivity index (χ0v) is 10.2. The van der Waals surface area contributed by atoms with Gasteiger partial charge in [0.1, 0.15) is 11.3 Å². The SMILES string of the molecule is CCC(C)(C#N)NC(=O)c1ccc(O)cc1C. The minimum atomic E-state index is -0.860. The van der Waals surface area contributed by atoms with E-state index < -0.39 is 5.54 Å². The van der Waals surface area contributed by atoms with Gasteiger partial charge in [0, 0.05) is 5.56 Å². The molecule has 0 spiro atoms. The fourth-order valence-electron chi connectivity index (χ4n) is 1.42. The lowest BCUT2D eigenvalue weighted by Crippen LogP contribution is -2.44. The molecule has 0 radical (unpaired) electrons. The Bertz CT molecular complexity index is 477. The first-order valence-electron chi connectivity index (χ1n) is 5.45. The third-order valence-electron chi connectivity index (χ3n) is 2.80. The lowest BCUT2D eigenvalue weighted by molar-refractivity contribution is 0.0922. The largest absolute Gasteiger partial charge is 0.508 e. The number of aryl methyl sites for hydroxylation is 1. The van der Waals surface area contributed by atoms with Gasteiger partial charge in [0.25, 0.3) is 5.91 Å². The first-order chi connectivity index (χ1) is 7.91. The predicted octanol–water partition coefficient (Wildman–Crippen LogP) is 2.12. The fraction of sp³-hybridized carbons (Fsp3) is 0.385. The van der Waals surface area contributed by atoms with Gasteiger partial charge in [-0.05, 0) is 44.0 Å². The standard InChI is InChI=1S/C13H16N2O2/c1-4-13(3,8-14)15-12(17)11-6-5-10(16)7-9(11)2/h5-7,16H,4H2,1-3H3,(H,15,17).